The largest absolute Gasteiger partial charge is 0.490 e. The first-order valence-electron chi connectivity index (χ1n) is 5.63. The Morgan fingerprint density at radius 3 is 2.95 bits per heavy atom. The molecule has 0 aliphatic carbocycles. The number of nitrogens with zero attached hydrogens (tertiary/aromatic N) is 2. The van der Waals surface area contributed by atoms with Crippen molar-refractivity contribution in [1.29, 1.82) is 5.26 Å². The zero-order valence-corrected chi connectivity index (χ0v) is 12.3. The molecule has 1 rings (SSSR count). The Morgan fingerprint density at radius 2 is 2.35 bits per heavy atom. The minimum absolute atomic E-state index is 0.0880. The molecular formula is C12H13BrN4O3. The highest BCUT2D eigenvalue weighted by Gasteiger charge is 2.11. The molecule has 1 aromatic rings. The Balaban J connectivity index is 3.03. The van der Waals surface area contributed by atoms with Gasteiger partial charge in [-0.2, -0.15) is 10.4 Å². The van der Waals surface area contributed by atoms with Crippen LogP contribution in [0.5, 0.6) is 11.5 Å². The summed E-state index contributed by atoms with van der Waals surface area (Å²) in [5.41, 5.74) is 7.65. The van der Waals surface area contributed by atoms with Crippen LogP contribution < -0.4 is 20.6 Å². The summed E-state index contributed by atoms with van der Waals surface area (Å²) >= 11 is 3.33. The topological polar surface area (TPSA) is 110 Å². The fourth-order valence-electron chi connectivity index (χ4n) is 1.34. The van der Waals surface area contributed by atoms with Crippen LogP contribution in [0.4, 0.5) is 4.79 Å². The maximum Gasteiger partial charge on any atom is 0.332 e. The molecule has 7 nitrogen and oxygen atoms in total. The first kappa shape index (κ1) is 15.8. The summed E-state index contributed by atoms with van der Waals surface area (Å²) in [6.45, 7) is 2.18. The summed E-state index contributed by atoms with van der Waals surface area (Å²) in [4.78, 5) is 10.5. The molecular weight excluding hydrogens is 328 g/mol. The van der Waals surface area contributed by atoms with Gasteiger partial charge in [0.1, 0.15) is 6.07 Å². The van der Waals surface area contributed by atoms with E-state index in [0.717, 1.165) is 0 Å². The number of ether oxygens (including phenoxy) is 2. The van der Waals surface area contributed by atoms with E-state index in [0.29, 0.717) is 28.1 Å². The first-order valence-corrected chi connectivity index (χ1v) is 6.42. The van der Waals surface area contributed by atoms with Crippen LogP contribution in [0.1, 0.15) is 12.5 Å². The third-order valence-electron chi connectivity index (χ3n) is 2.00. The van der Waals surface area contributed by atoms with Gasteiger partial charge in [-0.3, -0.25) is 0 Å². The molecule has 0 aliphatic rings. The van der Waals surface area contributed by atoms with Crippen LogP contribution in [0.15, 0.2) is 21.7 Å². The van der Waals surface area contributed by atoms with Crippen molar-refractivity contribution in [3.63, 3.8) is 0 Å². The van der Waals surface area contributed by atoms with Gasteiger partial charge in [0.2, 0.25) is 0 Å². The summed E-state index contributed by atoms with van der Waals surface area (Å²) in [5, 5.41) is 12.2. The van der Waals surface area contributed by atoms with Crippen LogP contribution in [0.2, 0.25) is 0 Å². The second-order valence-electron chi connectivity index (χ2n) is 3.44. The number of nitriles is 1. The highest BCUT2D eigenvalue weighted by molar-refractivity contribution is 9.10. The van der Waals surface area contributed by atoms with E-state index in [2.05, 4.69) is 26.5 Å². The van der Waals surface area contributed by atoms with Gasteiger partial charge in [-0.25, -0.2) is 10.2 Å². The van der Waals surface area contributed by atoms with E-state index < -0.39 is 6.03 Å². The van der Waals surface area contributed by atoms with Crippen LogP contribution in [-0.2, 0) is 0 Å². The number of carbonyl (C=O) groups is 1. The molecule has 0 bridgehead atoms. The monoisotopic (exact) mass is 340 g/mol. The van der Waals surface area contributed by atoms with Gasteiger partial charge in [0.05, 0.1) is 17.3 Å². The van der Waals surface area contributed by atoms with Crippen molar-refractivity contribution in [2.75, 3.05) is 13.2 Å². The van der Waals surface area contributed by atoms with Gasteiger partial charge in [0, 0.05) is 0 Å². The molecule has 106 valence electrons. The van der Waals surface area contributed by atoms with Crippen molar-refractivity contribution in [2.24, 2.45) is 10.8 Å². The number of carbonyl (C=O) groups excluding carboxylic acids is 1. The van der Waals surface area contributed by atoms with Crippen molar-refractivity contribution in [3.8, 4) is 17.6 Å². The number of amides is 2. The lowest BCUT2D eigenvalue weighted by atomic mass is 10.2. The number of hydrogen-bond donors (Lipinski definition) is 2. The van der Waals surface area contributed by atoms with E-state index in [1.165, 1.54) is 6.21 Å². The third kappa shape index (κ3) is 4.78. The van der Waals surface area contributed by atoms with Gasteiger partial charge in [-0.05, 0) is 40.5 Å². The Labute approximate surface area is 124 Å². The third-order valence-corrected chi connectivity index (χ3v) is 2.59. The standard InChI is InChI=1S/C12H13BrN4O3/c1-2-19-10-6-8(7-16-17-12(15)18)5-9(13)11(10)20-4-3-14/h5-7H,2,4H2,1H3,(H3,15,17,18). The van der Waals surface area contributed by atoms with Gasteiger partial charge < -0.3 is 15.2 Å². The maximum atomic E-state index is 10.5. The average Bonchev–Trinajstić information content (AvgIpc) is 2.38. The smallest absolute Gasteiger partial charge is 0.332 e. The summed E-state index contributed by atoms with van der Waals surface area (Å²) < 4.78 is 11.4. The number of nitrogens with two attached hydrogens (primary N) is 1. The first-order chi connectivity index (χ1) is 9.58. The number of hydrazone groups is 1. The van der Waals surface area contributed by atoms with E-state index in [9.17, 15) is 4.79 Å². The number of nitrogens with one attached hydrogen (secondary N) is 1. The minimum Gasteiger partial charge on any atom is -0.490 e. The predicted octanol–water partition coefficient (Wildman–Crippen LogP) is 1.75. The average molecular weight is 341 g/mol. The molecule has 20 heavy (non-hydrogen) atoms. The van der Waals surface area contributed by atoms with Crippen LogP contribution in [0.25, 0.3) is 0 Å². The van der Waals surface area contributed by atoms with E-state index in [4.69, 9.17) is 20.5 Å². The van der Waals surface area contributed by atoms with Gasteiger partial charge >= 0.3 is 6.03 Å². The molecule has 0 aliphatic heterocycles. The molecule has 0 fully saturated rings. The normalized spacial score (nSPS) is 10.1. The SMILES string of the molecule is CCOc1cc(C=NNC(N)=O)cc(Br)c1OCC#N. The van der Waals surface area contributed by atoms with E-state index >= 15 is 0 Å². The zero-order valence-electron chi connectivity index (χ0n) is 10.7. The van der Waals surface area contributed by atoms with E-state index in [-0.39, 0.29) is 6.61 Å². The molecule has 0 unspecified atom stereocenters. The summed E-state index contributed by atoms with van der Waals surface area (Å²) in [7, 11) is 0. The molecule has 0 heterocycles. The molecule has 3 N–H and O–H groups in total. The Morgan fingerprint density at radius 1 is 1.60 bits per heavy atom. The molecule has 0 spiro atoms. The molecule has 0 radical (unpaired) electrons. The number of halogens is 1. The van der Waals surface area contributed by atoms with Crippen LogP contribution >= 0.6 is 15.9 Å². The summed E-state index contributed by atoms with van der Waals surface area (Å²) in [5.74, 6) is 0.908. The molecule has 8 heteroatoms. The quantitative estimate of drug-likeness (QED) is 0.607. The molecule has 2 amide bonds. The van der Waals surface area contributed by atoms with Gasteiger partial charge in [-0.1, -0.05) is 0 Å². The highest BCUT2D eigenvalue weighted by atomic mass is 79.9. The van der Waals surface area contributed by atoms with Gasteiger partial charge in [0.15, 0.2) is 18.1 Å². The van der Waals surface area contributed by atoms with E-state index in [1.807, 2.05) is 13.0 Å². The number of urea groups is 1. The van der Waals surface area contributed by atoms with Crippen molar-refractivity contribution in [2.45, 2.75) is 6.92 Å². The molecule has 0 atom stereocenters. The van der Waals surface area contributed by atoms with Gasteiger partial charge in [0.25, 0.3) is 0 Å². The van der Waals surface area contributed by atoms with Crippen LogP contribution in [0.3, 0.4) is 0 Å². The Hall–Kier alpha value is -2.27. The fraction of sp³-hybridized carbons (Fsp3) is 0.250. The summed E-state index contributed by atoms with van der Waals surface area (Å²) in [6, 6.07) is 4.52. The summed E-state index contributed by atoms with van der Waals surface area (Å²) in [6.07, 6.45) is 1.41. The fourth-order valence-corrected chi connectivity index (χ4v) is 1.91. The lowest BCUT2D eigenvalue weighted by molar-refractivity contribution is 0.249. The predicted molar refractivity (Wildman–Crippen MR) is 76.7 cm³/mol. The molecule has 0 saturated carbocycles. The molecule has 0 saturated heterocycles. The second-order valence-corrected chi connectivity index (χ2v) is 4.30. The Kier molecular flexibility index (Phi) is 6.32. The molecule has 0 aromatic heterocycles. The number of hydrogen-bond acceptors (Lipinski definition) is 5. The lowest BCUT2D eigenvalue weighted by Gasteiger charge is -2.12. The van der Waals surface area contributed by atoms with Crippen molar-refractivity contribution in [1.82, 2.24) is 5.43 Å². The van der Waals surface area contributed by atoms with Crippen molar-refractivity contribution < 1.29 is 14.3 Å². The van der Waals surface area contributed by atoms with E-state index in [1.54, 1.807) is 12.1 Å². The number of primary amides is 1. The Bertz CT molecular complexity index is 554. The zero-order chi connectivity index (χ0) is 15.0. The van der Waals surface area contributed by atoms with Crippen LogP contribution in [-0.4, -0.2) is 25.5 Å². The lowest BCUT2D eigenvalue weighted by Crippen LogP contribution is -2.24. The van der Waals surface area contributed by atoms with Gasteiger partial charge in [-0.15, -0.1) is 0 Å². The van der Waals surface area contributed by atoms with Crippen molar-refractivity contribution >= 4 is 28.2 Å². The van der Waals surface area contributed by atoms with Crippen LogP contribution in [0, 0.1) is 11.3 Å². The number of benzene rings is 1. The second kappa shape index (κ2) is 8.01. The highest BCUT2D eigenvalue weighted by Crippen LogP contribution is 2.36. The van der Waals surface area contributed by atoms with Crippen molar-refractivity contribution in [3.05, 3.63) is 22.2 Å². The minimum atomic E-state index is -0.751. The number of rotatable bonds is 6. The molecule has 1 aromatic carbocycles. The maximum absolute atomic E-state index is 10.5.